The van der Waals surface area contributed by atoms with Crippen molar-refractivity contribution in [1.29, 1.82) is 0 Å². The molecule has 0 aliphatic heterocycles. The number of benzene rings is 2. The summed E-state index contributed by atoms with van der Waals surface area (Å²) in [6.45, 7) is 1.50. The molecule has 0 fully saturated rings. The van der Waals surface area contributed by atoms with Gasteiger partial charge in [0.2, 0.25) is 5.91 Å². The van der Waals surface area contributed by atoms with Gasteiger partial charge in [0.25, 0.3) is 0 Å². The van der Waals surface area contributed by atoms with E-state index in [1.54, 1.807) is 54.6 Å². The first kappa shape index (κ1) is 16.0. The molecule has 5 nitrogen and oxygen atoms in total. The van der Waals surface area contributed by atoms with E-state index in [0.29, 0.717) is 16.3 Å². The van der Waals surface area contributed by atoms with Crippen LogP contribution in [0.4, 0.5) is 5.69 Å². The standard InChI is InChI=1S/C16H17NO4S/c1-13(18)17-14-7-9-15(10-8-14)21-11-12-22(19,20)16-5-3-2-4-6-16/h2-10H,11-12H2,1H3,(H,17,18). The summed E-state index contributed by atoms with van der Waals surface area (Å²) in [4.78, 5) is 11.2. The number of rotatable bonds is 6. The Hall–Kier alpha value is -2.34. The molecule has 0 aliphatic rings. The average molecular weight is 319 g/mol. The maximum atomic E-state index is 12.1. The van der Waals surface area contributed by atoms with Gasteiger partial charge in [0.05, 0.1) is 10.6 Å². The molecule has 0 radical (unpaired) electrons. The van der Waals surface area contributed by atoms with Crippen LogP contribution in [-0.4, -0.2) is 26.7 Å². The molecule has 0 spiro atoms. The van der Waals surface area contributed by atoms with Crippen molar-refractivity contribution in [3.63, 3.8) is 0 Å². The van der Waals surface area contributed by atoms with E-state index < -0.39 is 9.84 Å². The molecule has 0 saturated heterocycles. The summed E-state index contributed by atoms with van der Waals surface area (Å²) < 4.78 is 29.6. The number of carbonyl (C=O) groups excluding carboxylic acids is 1. The summed E-state index contributed by atoms with van der Waals surface area (Å²) in [5.74, 6) is 0.310. The molecule has 0 saturated carbocycles. The molecular weight excluding hydrogens is 302 g/mol. The normalized spacial score (nSPS) is 11.0. The molecule has 22 heavy (non-hydrogen) atoms. The van der Waals surface area contributed by atoms with Crippen molar-refractivity contribution in [1.82, 2.24) is 0 Å². The zero-order valence-electron chi connectivity index (χ0n) is 12.2. The van der Waals surface area contributed by atoms with Gasteiger partial charge in [0, 0.05) is 12.6 Å². The van der Waals surface area contributed by atoms with Gasteiger partial charge in [-0.1, -0.05) is 18.2 Å². The highest BCUT2D eigenvalue weighted by Gasteiger charge is 2.13. The quantitative estimate of drug-likeness (QED) is 0.888. The molecule has 2 aromatic rings. The molecule has 116 valence electrons. The summed E-state index contributed by atoms with van der Waals surface area (Å²) >= 11 is 0. The molecule has 0 heterocycles. The van der Waals surface area contributed by atoms with E-state index in [4.69, 9.17) is 4.74 Å². The molecule has 0 bridgehead atoms. The highest BCUT2D eigenvalue weighted by atomic mass is 32.2. The van der Waals surface area contributed by atoms with E-state index in [0.717, 1.165) is 0 Å². The molecular formula is C16H17NO4S. The zero-order valence-corrected chi connectivity index (χ0v) is 13.0. The maximum Gasteiger partial charge on any atom is 0.221 e. The van der Waals surface area contributed by atoms with E-state index in [2.05, 4.69) is 5.32 Å². The Kier molecular flexibility index (Phi) is 5.16. The Bertz CT molecular complexity index is 725. The van der Waals surface area contributed by atoms with Gasteiger partial charge in [-0.25, -0.2) is 8.42 Å². The van der Waals surface area contributed by atoms with E-state index in [9.17, 15) is 13.2 Å². The van der Waals surface area contributed by atoms with Crippen LogP contribution in [0.25, 0.3) is 0 Å². The maximum absolute atomic E-state index is 12.1. The van der Waals surface area contributed by atoms with Gasteiger partial charge in [-0.05, 0) is 36.4 Å². The summed E-state index contributed by atoms with van der Waals surface area (Å²) in [6, 6.07) is 15.0. The van der Waals surface area contributed by atoms with Crippen LogP contribution in [0.5, 0.6) is 5.75 Å². The second-order valence-corrected chi connectivity index (χ2v) is 6.80. The minimum absolute atomic E-state index is 0.0662. The van der Waals surface area contributed by atoms with Gasteiger partial charge in [-0.15, -0.1) is 0 Å². The Labute approximate surface area is 129 Å². The Morgan fingerprint density at radius 2 is 1.68 bits per heavy atom. The van der Waals surface area contributed by atoms with Crippen LogP contribution in [0.15, 0.2) is 59.5 Å². The molecule has 0 atom stereocenters. The van der Waals surface area contributed by atoms with E-state index in [1.807, 2.05) is 0 Å². The van der Waals surface area contributed by atoms with Gasteiger partial charge in [0.1, 0.15) is 12.4 Å². The number of nitrogens with one attached hydrogen (secondary N) is 1. The fourth-order valence-electron chi connectivity index (χ4n) is 1.85. The molecule has 2 aromatic carbocycles. The smallest absolute Gasteiger partial charge is 0.221 e. The lowest BCUT2D eigenvalue weighted by atomic mass is 10.3. The lowest BCUT2D eigenvalue weighted by Crippen LogP contribution is -2.14. The predicted octanol–water partition coefficient (Wildman–Crippen LogP) is 2.50. The Balaban J connectivity index is 1.90. The van der Waals surface area contributed by atoms with Crippen LogP contribution >= 0.6 is 0 Å². The highest BCUT2D eigenvalue weighted by molar-refractivity contribution is 7.91. The number of anilines is 1. The third-order valence-corrected chi connectivity index (χ3v) is 4.59. The van der Waals surface area contributed by atoms with Crippen molar-refractivity contribution in [2.45, 2.75) is 11.8 Å². The second kappa shape index (κ2) is 7.09. The minimum Gasteiger partial charge on any atom is -0.493 e. The topological polar surface area (TPSA) is 72.5 Å². The SMILES string of the molecule is CC(=O)Nc1ccc(OCCS(=O)(=O)c2ccccc2)cc1. The van der Waals surface area contributed by atoms with Crippen LogP contribution in [-0.2, 0) is 14.6 Å². The molecule has 0 aromatic heterocycles. The van der Waals surface area contributed by atoms with Gasteiger partial charge >= 0.3 is 0 Å². The van der Waals surface area contributed by atoms with Gasteiger partial charge in [-0.3, -0.25) is 4.79 Å². The fourth-order valence-corrected chi connectivity index (χ4v) is 2.96. The van der Waals surface area contributed by atoms with Crippen LogP contribution in [0.3, 0.4) is 0 Å². The largest absolute Gasteiger partial charge is 0.493 e. The van der Waals surface area contributed by atoms with E-state index in [1.165, 1.54) is 6.92 Å². The number of amides is 1. The monoisotopic (exact) mass is 319 g/mol. The zero-order chi connectivity index (χ0) is 16.0. The van der Waals surface area contributed by atoms with Crippen molar-refractivity contribution in [3.05, 3.63) is 54.6 Å². The number of carbonyl (C=O) groups is 1. The molecule has 0 aliphatic carbocycles. The second-order valence-electron chi connectivity index (χ2n) is 4.69. The summed E-state index contributed by atoms with van der Waals surface area (Å²) in [6.07, 6.45) is 0. The molecule has 6 heteroatoms. The molecule has 0 unspecified atom stereocenters. The van der Waals surface area contributed by atoms with Crippen LogP contribution in [0, 0.1) is 0 Å². The van der Waals surface area contributed by atoms with Crippen LogP contribution in [0.1, 0.15) is 6.92 Å². The first-order valence-electron chi connectivity index (χ1n) is 6.76. The van der Waals surface area contributed by atoms with Crippen molar-refractivity contribution >= 4 is 21.4 Å². The Morgan fingerprint density at radius 1 is 1.05 bits per heavy atom. The summed E-state index contributed by atoms with van der Waals surface area (Å²) in [5.41, 5.74) is 0.664. The van der Waals surface area contributed by atoms with Crippen LogP contribution < -0.4 is 10.1 Å². The van der Waals surface area contributed by atoms with Gasteiger partial charge in [0.15, 0.2) is 9.84 Å². The Morgan fingerprint density at radius 3 is 2.27 bits per heavy atom. The van der Waals surface area contributed by atoms with Crippen molar-refractivity contribution < 1.29 is 17.9 Å². The number of hydrogen-bond acceptors (Lipinski definition) is 4. The first-order chi connectivity index (χ1) is 10.5. The number of sulfone groups is 1. The first-order valence-corrected chi connectivity index (χ1v) is 8.41. The number of hydrogen-bond donors (Lipinski definition) is 1. The average Bonchev–Trinajstić information content (AvgIpc) is 2.49. The lowest BCUT2D eigenvalue weighted by molar-refractivity contribution is -0.114. The van der Waals surface area contributed by atoms with Crippen LogP contribution in [0.2, 0.25) is 0 Å². The third kappa shape index (κ3) is 4.60. The summed E-state index contributed by atoms with van der Waals surface area (Å²) in [5, 5.41) is 2.64. The van der Waals surface area contributed by atoms with Crippen molar-refractivity contribution in [2.75, 3.05) is 17.7 Å². The molecule has 1 amide bonds. The van der Waals surface area contributed by atoms with Gasteiger partial charge in [-0.2, -0.15) is 0 Å². The third-order valence-electron chi connectivity index (χ3n) is 2.90. The van der Waals surface area contributed by atoms with E-state index in [-0.39, 0.29) is 18.3 Å². The van der Waals surface area contributed by atoms with Crippen molar-refractivity contribution in [2.24, 2.45) is 0 Å². The molecule has 1 N–H and O–H groups in total. The fraction of sp³-hybridized carbons (Fsp3) is 0.188. The lowest BCUT2D eigenvalue weighted by Gasteiger charge is -2.08. The van der Waals surface area contributed by atoms with Gasteiger partial charge < -0.3 is 10.1 Å². The summed E-state index contributed by atoms with van der Waals surface area (Å²) in [7, 11) is -3.34. The van der Waals surface area contributed by atoms with Crippen molar-refractivity contribution in [3.8, 4) is 5.75 Å². The highest BCUT2D eigenvalue weighted by Crippen LogP contribution is 2.16. The van der Waals surface area contributed by atoms with E-state index >= 15 is 0 Å². The predicted molar refractivity (Wildman–Crippen MR) is 84.7 cm³/mol. The number of ether oxygens (including phenoxy) is 1. The molecule has 2 rings (SSSR count). The minimum atomic E-state index is -3.34.